The maximum atomic E-state index is 4.44. The van der Waals surface area contributed by atoms with Crippen LogP contribution >= 0.6 is 0 Å². The summed E-state index contributed by atoms with van der Waals surface area (Å²) in [4.78, 5) is 4.44. The third-order valence-corrected chi connectivity index (χ3v) is 5.63. The topological polar surface area (TPSA) is 24.9 Å². The maximum Gasteiger partial charge on any atom is 0.0702 e. The minimum absolute atomic E-state index is 0.523. The number of hydrogen-bond donors (Lipinski definition) is 1. The summed E-state index contributed by atoms with van der Waals surface area (Å²) in [6, 6.07) is 11.6. The fourth-order valence-electron chi connectivity index (χ4n) is 4.73. The molecule has 1 aromatic carbocycles. The van der Waals surface area contributed by atoms with Crippen molar-refractivity contribution in [3.63, 3.8) is 0 Å². The summed E-state index contributed by atoms with van der Waals surface area (Å²) in [5.74, 6) is 2.78. The summed E-state index contributed by atoms with van der Waals surface area (Å²) in [6.07, 6.45) is 7.70. The second kappa shape index (κ2) is 5.42. The van der Waals surface area contributed by atoms with E-state index >= 15 is 0 Å². The molecule has 4 rings (SSSR count). The summed E-state index contributed by atoms with van der Waals surface area (Å²) in [6.45, 7) is 3.27. The van der Waals surface area contributed by atoms with E-state index in [4.69, 9.17) is 0 Å². The van der Waals surface area contributed by atoms with Crippen molar-refractivity contribution in [2.75, 3.05) is 6.54 Å². The highest BCUT2D eigenvalue weighted by Gasteiger charge is 2.43. The number of benzene rings is 1. The third-order valence-electron chi connectivity index (χ3n) is 5.63. The highest BCUT2D eigenvalue weighted by atomic mass is 14.9. The first-order chi connectivity index (χ1) is 10.3. The van der Waals surface area contributed by atoms with Gasteiger partial charge in [0.05, 0.1) is 5.52 Å². The molecule has 2 fully saturated rings. The average Bonchev–Trinajstić information content (AvgIpc) is 3.15. The molecule has 2 aliphatic carbocycles. The molecule has 2 heteroatoms. The van der Waals surface area contributed by atoms with Gasteiger partial charge in [-0.1, -0.05) is 25.5 Å². The second-order valence-corrected chi connectivity index (χ2v) is 6.83. The predicted molar refractivity (Wildman–Crippen MR) is 87.1 cm³/mol. The Balaban J connectivity index is 1.68. The molecule has 0 saturated heterocycles. The van der Waals surface area contributed by atoms with E-state index in [-0.39, 0.29) is 0 Å². The number of nitrogens with one attached hydrogen (secondary N) is 1. The van der Waals surface area contributed by atoms with Gasteiger partial charge in [0.1, 0.15) is 0 Å². The van der Waals surface area contributed by atoms with Crippen LogP contribution in [0.5, 0.6) is 0 Å². The molecule has 4 atom stereocenters. The smallest absolute Gasteiger partial charge is 0.0702 e. The lowest BCUT2D eigenvalue weighted by atomic mass is 9.80. The molecule has 2 bridgehead atoms. The van der Waals surface area contributed by atoms with Crippen LogP contribution in [0.4, 0.5) is 0 Å². The quantitative estimate of drug-likeness (QED) is 0.902. The molecular weight excluding hydrogens is 256 g/mol. The normalized spacial score (nSPS) is 29.1. The zero-order valence-corrected chi connectivity index (χ0v) is 12.8. The van der Waals surface area contributed by atoms with Crippen LogP contribution in [0.25, 0.3) is 10.9 Å². The lowest BCUT2D eigenvalue weighted by Gasteiger charge is -2.31. The average molecular weight is 280 g/mol. The monoisotopic (exact) mass is 280 g/mol. The second-order valence-electron chi connectivity index (χ2n) is 6.83. The van der Waals surface area contributed by atoms with E-state index in [0.717, 1.165) is 29.8 Å². The zero-order chi connectivity index (χ0) is 14.2. The maximum absolute atomic E-state index is 4.44. The number of nitrogens with zero attached hydrogens (tertiary/aromatic N) is 1. The van der Waals surface area contributed by atoms with Gasteiger partial charge in [0.2, 0.25) is 0 Å². The van der Waals surface area contributed by atoms with Gasteiger partial charge in [0.25, 0.3) is 0 Å². The van der Waals surface area contributed by atoms with Crippen LogP contribution in [-0.2, 0) is 0 Å². The van der Waals surface area contributed by atoms with E-state index < -0.39 is 0 Å². The summed E-state index contributed by atoms with van der Waals surface area (Å²) in [5.41, 5.74) is 2.55. The fraction of sp³-hybridized carbons (Fsp3) is 0.526. The number of aromatic nitrogens is 1. The van der Waals surface area contributed by atoms with Crippen LogP contribution in [0, 0.1) is 17.8 Å². The molecule has 4 unspecified atom stereocenters. The van der Waals surface area contributed by atoms with Crippen molar-refractivity contribution in [1.82, 2.24) is 10.3 Å². The Kier molecular flexibility index (Phi) is 3.42. The van der Waals surface area contributed by atoms with E-state index in [1.165, 1.54) is 36.6 Å². The Bertz CT molecular complexity index is 636. The molecule has 0 aliphatic heterocycles. The zero-order valence-electron chi connectivity index (χ0n) is 12.8. The van der Waals surface area contributed by atoms with Gasteiger partial charge in [0, 0.05) is 17.6 Å². The van der Waals surface area contributed by atoms with Gasteiger partial charge in [-0.25, -0.2) is 0 Å². The summed E-state index contributed by atoms with van der Waals surface area (Å²) in [7, 11) is 0. The molecule has 1 N–H and O–H groups in total. The Morgan fingerprint density at radius 3 is 2.95 bits per heavy atom. The molecule has 21 heavy (non-hydrogen) atoms. The van der Waals surface area contributed by atoms with Crippen LogP contribution in [0.2, 0.25) is 0 Å². The predicted octanol–water partition coefficient (Wildman–Crippen LogP) is 4.32. The SMILES string of the molecule is CCNC(c1ccc2ncccc2c1)C1CC2CCC1C2. The summed E-state index contributed by atoms with van der Waals surface area (Å²) >= 11 is 0. The van der Waals surface area contributed by atoms with Crippen molar-refractivity contribution >= 4 is 10.9 Å². The number of fused-ring (bicyclic) bond motifs is 3. The van der Waals surface area contributed by atoms with E-state index in [0.29, 0.717) is 6.04 Å². The van der Waals surface area contributed by atoms with E-state index in [1.54, 1.807) is 0 Å². The van der Waals surface area contributed by atoms with Gasteiger partial charge < -0.3 is 5.32 Å². The van der Waals surface area contributed by atoms with Crippen molar-refractivity contribution in [2.45, 2.75) is 38.6 Å². The molecule has 2 aliphatic rings. The van der Waals surface area contributed by atoms with E-state index in [2.05, 4.69) is 41.5 Å². The molecule has 2 aromatic rings. The largest absolute Gasteiger partial charge is 0.310 e. The van der Waals surface area contributed by atoms with Crippen molar-refractivity contribution < 1.29 is 0 Å². The fourth-order valence-corrected chi connectivity index (χ4v) is 4.73. The molecular formula is C19H24N2. The Morgan fingerprint density at radius 1 is 1.24 bits per heavy atom. The van der Waals surface area contributed by atoms with Gasteiger partial charge >= 0.3 is 0 Å². The van der Waals surface area contributed by atoms with E-state index in [1.807, 2.05) is 12.3 Å². The Labute approximate surface area is 127 Å². The first-order valence-electron chi connectivity index (χ1n) is 8.43. The van der Waals surface area contributed by atoms with Crippen LogP contribution in [-0.4, -0.2) is 11.5 Å². The highest BCUT2D eigenvalue weighted by molar-refractivity contribution is 5.79. The Morgan fingerprint density at radius 2 is 2.19 bits per heavy atom. The van der Waals surface area contributed by atoms with Gasteiger partial charge in [-0.05, 0) is 67.3 Å². The lowest BCUT2D eigenvalue weighted by Crippen LogP contribution is -2.31. The van der Waals surface area contributed by atoms with Gasteiger partial charge in [0.15, 0.2) is 0 Å². The van der Waals surface area contributed by atoms with Crippen LogP contribution in [0.3, 0.4) is 0 Å². The summed E-state index contributed by atoms with van der Waals surface area (Å²) < 4.78 is 0. The van der Waals surface area contributed by atoms with E-state index in [9.17, 15) is 0 Å². The van der Waals surface area contributed by atoms with Crippen molar-refractivity contribution in [3.8, 4) is 0 Å². The molecule has 0 radical (unpaired) electrons. The van der Waals surface area contributed by atoms with Gasteiger partial charge in [-0.15, -0.1) is 0 Å². The number of hydrogen-bond acceptors (Lipinski definition) is 2. The molecule has 0 amide bonds. The van der Waals surface area contributed by atoms with Crippen LogP contribution < -0.4 is 5.32 Å². The van der Waals surface area contributed by atoms with Gasteiger partial charge in [-0.3, -0.25) is 4.98 Å². The number of pyridine rings is 1. The molecule has 110 valence electrons. The highest BCUT2D eigenvalue weighted by Crippen LogP contribution is 2.52. The Hall–Kier alpha value is -1.41. The minimum Gasteiger partial charge on any atom is -0.310 e. The van der Waals surface area contributed by atoms with Gasteiger partial charge in [-0.2, -0.15) is 0 Å². The standard InChI is InChI=1S/C19H24N2/c1-2-20-19(17-11-13-5-6-14(17)10-13)16-7-8-18-15(12-16)4-3-9-21-18/h3-4,7-9,12-14,17,19-20H,2,5-6,10-11H2,1H3. The molecule has 2 nitrogen and oxygen atoms in total. The minimum atomic E-state index is 0.523. The first-order valence-corrected chi connectivity index (χ1v) is 8.43. The molecule has 1 heterocycles. The first kappa shape index (κ1) is 13.3. The number of rotatable bonds is 4. The van der Waals surface area contributed by atoms with Crippen molar-refractivity contribution in [2.24, 2.45) is 17.8 Å². The van der Waals surface area contributed by atoms with Crippen LogP contribution in [0.1, 0.15) is 44.2 Å². The van der Waals surface area contributed by atoms with Crippen molar-refractivity contribution in [1.29, 1.82) is 0 Å². The third kappa shape index (κ3) is 2.36. The molecule has 2 saturated carbocycles. The van der Waals surface area contributed by atoms with Crippen molar-refractivity contribution in [3.05, 3.63) is 42.1 Å². The molecule has 1 aromatic heterocycles. The summed E-state index contributed by atoms with van der Waals surface area (Å²) in [5, 5.41) is 5.03. The lowest BCUT2D eigenvalue weighted by molar-refractivity contribution is 0.253. The van der Waals surface area contributed by atoms with Crippen LogP contribution in [0.15, 0.2) is 36.5 Å². The molecule has 0 spiro atoms.